The fourth-order valence-electron chi connectivity index (χ4n) is 6.76. The molecule has 0 radical (unpaired) electrons. The first-order chi connectivity index (χ1) is 21.3. The predicted molar refractivity (Wildman–Crippen MR) is 173 cm³/mol. The van der Waals surface area contributed by atoms with Gasteiger partial charge in [-0.3, -0.25) is 9.59 Å². The molecular weight excluding hydrogens is 567 g/mol. The quantitative estimate of drug-likeness (QED) is 0.150. The van der Waals surface area contributed by atoms with Crippen molar-refractivity contribution < 1.29 is 23.2 Å². The summed E-state index contributed by atoms with van der Waals surface area (Å²) in [6.45, 7) is 1.71. The summed E-state index contributed by atoms with van der Waals surface area (Å²) in [5, 5.41) is 4.03. The molecule has 0 bridgehead atoms. The van der Waals surface area contributed by atoms with Crippen LogP contribution >= 0.6 is 7.60 Å². The summed E-state index contributed by atoms with van der Waals surface area (Å²) in [6.07, 6.45) is 0.144. The number of carbonyl (C=O) groups is 2. The molecule has 1 aliphatic carbocycles. The van der Waals surface area contributed by atoms with Gasteiger partial charge in [0.25, 0.3) is 0 Å². The van der Waals surface area contributed by atoms with Crippen LogP contribution < -0.4 is 9.05 Å². The van der Waals surface area contributed by atoms with Crippen LogP contribution in [0.2, 0.25) is 0 Å². The topological polar surface area (TPSA) is 69.7 Å². The first-order valence-electron chi connectivity index (χ1n) is 14.6. The summed E-state index contributed by atoms with van der Waals surface area (Å²) in [5.41, 5.74) is 2.80. The van der Waals surface area contributed by atoms with Crippen molar-refractivity contribution in [3.05, 3.63) is 144 Å². The number of hydrogen-bond acceptors (Lipinski definition) is 5. The molecule has 1 aliphatic heterocycles. The molecule has 0 N–H and O–H groups in total. The summed E-state index contributed by atoms with van der Waals surface area (Å²) < 4.78 is 27.7. The molecule has 44 heavy (non-hydrogen) atoms. The Hall–Kier alpha value is -4.99. The van der Waals surface area contributed by atoms with Crippen molar-refractivity contribution in [2.45, 2.75) is 19.5 Å². The SMILES string of the molecule is CC1(Cc2ccccc2CP2(=O)Oc3ccc4ccccc4c3-c3c(ccc4ccccc34)O2)C(=O)c2ccccc2C1=O. The molecule has 0 saturated heterocycles. The molecule has 0 unspecified atom stereocenters. The molecule has 8 rings (SSSR count). The monoisotopic (exact) mass is 594 g/mol. The first-order valence-corrected chi connectivity index (χ1v) is 16.3. The normalized spacial score (nSPS) is 16.0. The Kier molecular flexibility index (Phi) is 5.91. The third kappa shape index (κ3) is 4.04. The van der Waals surface area contributed by atoms with Gasteiger partial charge in [-0.1, -0.05) is 109 Å². The van der Waals surface area contributed by atoms with Crippen molar-refractivity contribution in [1.82, 2.24) is 0 Å². The zero-order chi connectivity index (χ0) is 30.1. The standard InChI is InChI=1S/C38H27O5P/c1-38(36(39)30-16-8-9-17-31(30)37(38)40)22-26-12-2-3-13-27(26)23-44(41)42-32-20-18-24-10-4-6-14-28(24)34(32)35-29-15-7-5-11-25(29)19-21-33(35)43-44/h2-21H,22-23H2,1H3. The molecule has 6 heteroatoms. The second-order valence-electron chi connectivity index (χ2n) is 11.8. The second kappa shape index (κ2) is 9.77. The highest BCUT2D eigenvalue weighted by atomic mass is 31.2. The van der Waals surface area contributed by atoms with Crippen LogP contribution in [0.15, 0.2) is 121 Å². The molecule has 0 amide bonds. The number of carbonyl (C=O) groups excluding carboxylic acids is 2. The Morgan fingerprint density at radius 2 is 1.02 bits per heavy atom. The minimum Gasteiger partial charge on any atom is -0.415 e. The molecule has 0 atom stereocenters. The third-order valence-electron chi connectivity index (χ3n) is 8.95. The average Bonchev–Trinajstić information content (AvgIpc) is 3.14. The van der Waals surface area contributed by atoms with Crippen LogP contribution in [0.4, 0.5) is 0 Å². The number of hydrogen-bond donors (Lipinski definition) is 0. The maximum Gasteiger partial charge on any atom is 0.435 e. The summed E-state index contributed by atoms with van der Waals surface area (Å²) in [6, 6.07) is 38.3. The summed E-state index contributed by atoms with van der Waals surface area (Å²) >= 11 is 0. The van der Waals surface area contributed by atoms with Crippen molar-refractivity contribution in [2.75, 3.05) is 0 Å². The molecule has 1 heterocycles. The molecular formula is C38H27O5P. The van der Waals surface area contributed by atoms with E-state index in [2.05, 4.69) is 0 Å². The van der Waals surface area contributed by atoms with E-state index < -0.39 is 13.0 Å². The van der Waals surface area contributed by atoms with E-state index in [0.29, 0.717) is 28.2 Å². The van der Waals surface area contributed by atoms with Gasteiger partial charge in [-0.05, 0) is 58.1 Å². The first kappa shape index (κ1) is 26.6. The fraction of sp³-hybridized carbons (Fsp3) is 0.105. The van der Waals surface area contributed by atoms with Gasteiger partial charge in [-0.2, -0.15) is 0 Å². The number of ketones is 2. The van der Waals surface area contributed by atoms with Crippen LogP contribution in [0.1, 0.15) is 38.8 Å². The molecule has 6 aromatic carbocycles. The van der Waals surface area contributed by atoms with Gasteiger partial charge in [0.15, 0.2) is 11.6 Å². The van der Waals surface area contributed by atoms with E-state index in [1.54, 1.807) is 31.2 Å². The maximum absolute atomic E-state index is 14.8. The molecule has 0 fully saturated rings. The minimum atomic E-state index is -3.85. The summed E-state index contributed by atoms with van der Waals surface area (Å²) in [7, 11) is -3.85. The van der Waals surface area contributed by atoms with Gasteiger partial charge in [-0.15, -0.1) is 0 Å². The Morgan fingerprint density at radius 3 is 1.57 bits per heavy atom. The smallest absolute Gasteiger partial charge is 0.415 e. The molecule has 2 aliphatic rings. The van der Waals surface area contributed by atoms with Crippen molar-refractivity contribution in [1.29, 1.82) is 0 Å². The van der Waals surface area contributed by atoms with Gasteiger partial charge in [-0.25, -0.2) is 4.57 Å². The maximum atomic E-state index is 14.8. The van der Waals surface area contributed by atoms with Crippen molar-refractivity contribution in [3.8, 4) is 22.6 Å². The number of benzene rings is 6. The van der Waals surface area contributed by atoms with Gasteiger partial charge in [0.1, 0.15) is 11.5 Å². The second-order valence-corrected chi connectivity index (χ2v) is 13.7. The lowest BCUT2D eigenvalue weighted by atomic mass is 9.78. The molecule has 0 saturated carbocycles. The van der Waals surface area contributed by atoms with Crippen molar-refractivity contribution in [2.24, 2.45) is 5.41 Å². The lowest BCUT2D eigenvalue weighted by Gasteiger charge is -2.24. The summed E-state index contributed by atoms with van der Waals surface area (Å²) in [5.74, 6) is 0.595. The highest BCUT2D eigenvalue weighted by Crippen LogP contribution is 2.60. The third-order valence-corrected chi connectivity index (χ3v) is 10.6. The van der Waals surface area contributed by atoms with Crippen LogP contribution in [-0.4, -0.2) is 11.6 Å². The van der Waals surface area contributed by atoms with Crippen LogP contribution in [-0.2, 0) is 17.1 Å². The average molecular weight is 595 g/mol. The lowest BCUT2D eigenvalue weighted by Crippen LogP contribution is -2.32. The van der Waals surface area contributed by atoms with E-state index in [4.69, 9.17) is 9.05 Å². The Morgan fingerprint density at radius 1 is 0.568 bits per heavy atom. The predicted octanol–water partition coefficient (Wildman–Crippen LogP) is 9.45. The summed E-state index contributed by atoms with van der Waals surface area (Å²) in [4.78, 5) is 27.0. The van der Waals surface area contributed by atoms with Gasteiger partial charge >= 0.3 is 7.60 Å². The van der Waals surface area contributed by atoms with Gasteiger partial charge in [0.2, 0.25) is 0 Å². The van der Waals surface area contributed by atoms with Gasteiger partial charge in [0, 0.05) is 22.3 Å². The van der Waals surface area contributed by atoms with E-state index in [0.717, 1.165) is 38.2 Å². The van der Waals surface area contributed by atoms with Crippen molar-refractivity contribution >= 4 is 40.7 Å². The number of rotatable bonds is 4. The number of Topliss-reactive ketones (excluding diaryl/α,β-unsaturated/α-hetero) is 2. The van der Waals surface area contributed by atoms with Gasteiger partial charge in [0.05, 0.1) is 11.6 Å². The van der Waals surface area contributed by atoms with E-state index >= 15 is 0 Å². The van der Waals surface area contributed by atoms with Crippen molar-refractivity contribution in [3.63, 3.8) is 0 Å². The Bertz CT molecular complexity index is 2110. The van der Waals surface area contributed by atoms with E-state index in [-0.39, 0.29) is 24.1 Å². The molecule has 0 spiro atoms. The number of fused-ring (bicyclic) bond motifs is 8. The van der Waals surface area contributed by atoms with Crippen LogP contribution in [0, 0.1) is 5.41 Å². The van der Waals surface area contributed by atoms with E-state index in [1.165, 1.54) is 0 Å². The largest absolute Gasteiger partial charge is 0.435 e. The minimum absolute atomic E-state index is 0.0346. The molecule has 5 nitrogen and oxygen atoms in total. The van der Waals surface area contributed by atoms with Gasteiger partial charge < -0.3 is 9.05 Å². The van der Waals surface area contributed by atoms with E-state index in [9.17, 15) is 14.2 Å². The molecule has 6 aromatic rings. The van der Waals surface area contributed by atoms with Crippen LogP contribution in [0.3, 0.4) is 0 Å². The zero-order valence-corrected chi connectivity index (χ0v) is 24.8. The molecule has 0 aromatic heterocycles. The zero-order valence-electron chi connectivity index (χ0n) is 23.9. The highest BCUT2D eigenvalue weighted by molar-refractivity contribution is 7.53. The lowest BCUT2D eigenvalue weighted by molar-refractivity contribution is 0.0722. The fourth-order valence-corrected chi connectivity index (χ4v) is 8.56. The van der Waals surface area contributed by atoms with Crippen LogP contribution in [0.5, 0.6) is 11.5 Å². The van der Waals surface area contributed by atoms with Crippen LogP contribution in [0.25, 0.3) is 32.7 Å². The van der Waals surface area contributed by atoms with E-state index in [1.807, 2.05) is 97.1 Å². The Balaban J connectivity index is 1.24. The molecule has 214 valence electrons. The Labute approximate surface area is 254 Å². The highest BCUT2D eigenvalue weighted by Gasteiger charge is 2.49.